The van der Waals surface area contributed by atoms with Crippen molar-refractivity contribution in [1.82, 2.24) is 10.3 Å². The molecule has 0 spiro atoms. The largest absolute Gasteiger partial charge is 0.340 e. The van der Waals surface area contributed by atoms with Crippen molar-refractivity contribution in [2.24, 2.45) is 0 Å². The zero-order valence-corrected chi connectivity index (χ0v) is 13.9. The van der Waals surface area contributed by atoms with Crippen LogP contribution < -0.4 is 15.8 Å². The van der Waals surface area contributed by atoms with Gasteiger partial charge in [-0.15, -0.1) is 0 Å². The van der Waals surface area contributed by atoms with Crippen LogP contribution in [-0.2, 0) is 4.79 Å². The van der Waals surface area contributed by atoms with Gasteiger partial charge in [0.2, 0.25) is 5.91 Å². The third kappa shape index (κ3) is 3.17. The molecule has 1 fully saturated rings. The second-order valence-corrected chi connectivity index (χ2v) is 6.10. The quantitative estimate of drug-likeness (QED) is 0.889. The highest BCUT2D eigenvalue weighted by atomic mass is 19.1. The molecule has 1 saturated heterocycles. The van der Waals surface area contributed by atoms with Crippen LogP contribution in [0.2, 0.25) is 0 Å². The van der Waals surface area contributed by atoms with E-state index in [0.717, 1.165) is 0 Å². The standard InChI is InChI=1S/C18H18FN3O3/c1-10-9-11(2)20-16(23)15(10)17(24)21-13-7-8-22(18(13)25)14-6-4-3-5-12(14)19/h3-6,9,13H,7-8H2,1-2H3,(H,20,23)(H,21,24). The maximum Gasteiger partial charge on any atom is 0.261 e. The molecule has 1 aromatic carbocycles. The van der Waals surface area contributed by atoms with E-state index in [1.54, 1.807) is 32.0 Å². The Morgan fingerprint density at radius 2 is 2.00 bits per heavy atom. The molecule has 2 amide bonds. The number of nitrogens with zero attached hydrogens (tertiary/aromatic N) is 1. The molecule has 0 aliphatic carbocycles. The molecular formula is C18H18FN3O3. The van der Waals surface area contributed by atoms with E-state index in [9.17, 15) is 18.8 Å². The third-order valence-corrected chi connectivity index (χ3v) is 4.25. The molecule has 1 atom stereocenters. The number of pyridine rings is 1. The van der Waals surface area contributed by atoms with Gasteiger partial charge in [0, 0.05) is 12.2 Å². The minimum absolute atomic E-state index is 0.0114. The molecule has 1 aromatic heterocycles. The predicted molar refractivity (Wildman–Crippen MR) is 91.2 cm³/mol. The highest BCUT2D eigenvalue weighted by Crippen LogP contribution is 2.24. The Morgan fingerprint density at radius 3 is 2.68 bits per heavy atom. The van der Waals surface area contributed by atoms with Crippen molar-refractivity contribution >= 4 is 17.5 Å². The van der Waals surface area contributed by atoms with Crippen molar-refractivity contribution in [2.75, 3.05) is 11.4 Å². The number of para-hydroxylation sites is 1. The fourth-order valence-corrected chi connectivity index (χ4v) is 3.09. The molecule has 130 valence electrons. The average molecular weight is 343 g/mol. The molecule has 7 heteroatoms. The summed E-state index contributed by atoms with van der Waals surface area (Å²) >= 11 is 0. The first-order valence-electron chi connectivity index (χ1n) is 7.96. The number of hydrogen-bond donors (Lipinski definition) is 2. The van der Waals surface area contributed by atoms with Crippen molar-refractivity contribution in [3.63, 3.8) is 0 Å². The van der Waals surface area contributed by atoms with Crippen molar-refractivity contribution in [1.29, 1.82) is 0 Å². The van der Waals surface area contributed by atoms with E-state index in [1.807, 2.05) is 0 Å². The van der Waals surface area contributed by atoms with Crippen LogP contribution in [-0.4, -0.2) is 29.4 Å². The Labute approximate surface area is 143 Å². The number of aryl methyl sites for hydroxylation is 2. The van der Waals surface area contributed by atoms with E-state index in [-0.39, 0.29) is 17.2 Å². The maximum absolute atomic E-state index is 13.9. The number of nitrogens with one attached hydrogen (secondary N) is 2. The van der Waals surface area contributed by atoms with Crippen LogP contribution in [0.3, 0.4) is 0 Å². The van der Waals surface area contributed by atoms with Gasteiger partial charge < -0.3 is 15.2 Å². The lowest BCUT2D eigenvalue weighted by atomic mass is 10.1. The second-order valence-electron chi connectivity index (χ2n) is 6.10. The highest BCUT2D eigenvalue weighted by Gasteiger charge is 2.35. The Morgan fingerprint density at radius 1 is 1.28 bits per heavy atom. The summed E-state index contributed by atoms with van der Waals surface area (Å²) in [5.74, 6) is -1.49. The van der Waals surface area contributed by atoms with Crippen molar-refractivity contribution < 1.29 is 14.0 Å². The number of H-pyrrole nitrogens is 1. The summed E-state index contributed by atoms with van der Waals surface area (Å²) in [6.07, 6.45) is 0.349. The number of carbonyl (C=O) groups is 2. The van der Waals surface area contributed by atoms with Gasteiger partial charge in [0.25, 0.3) is 11.5 Å². The lowest BCUT2D eigenvalue weighted by molar-refractivity contribution is -0.118. The topological polar surface area (TPSA) is 82.3 Å². The van der Waals surface area contributed by atoms with Crippen LogP contribution in [0.15, 0.2) is 35.1 Å². The number of rotatable bonds is 3. The number of carbonyl (C=O) groups excluding carboxylic acids is 2. The van der Waals surface area contributed by atoms with Gasteiger partial charge >= 0.3 is 0 Å². The van der Waals surface area contributed by atoms with E-state index in [0.29, 0.717) is 24.2 Å². The molecule has 0 bridgehead atoms. The van der Waals surface area contributed by atoms with E-state index >= 15 is 0 Å². The molecule has 2 heterocycles. The predicted octanol–water partition coefficient (Wildman–Crippen LogP) is 1.67. The molecule has 0 radical (unpaired) electrons. The molecule has 2 aromatic rings. The molecule has 1 aliphatic heterocycles. The van der Waals surface area contributed by atoms with Gasteiger partial charge in [-0.25, -0.2) is 4.39 Å². The van der Waals surface area contributed by atoms with Crippen LogP contribution in [0.4, 0.5) is 10.1 Å². The summed E-state index contributed by atoms with van der Waals surface area (Å²) in [5, 5.41) is 2.59. The van der Waals surface area contributed by atoms with Crippen LogP contribution in [0, 0.1) is 19.7 Å². The zero-order valence-electron chi connectivity index (χ0n) is 13.9. The zero-order chi connectivity index (χ0) is 18.1. The van der Waals surface area contributed by atoms with Gasteiger partial charge in [-0.05, 0) is 44.0 Å². The summed E-state index contributed by atoms with van der Waals surface area (Å²) < 4.78 is 13.9. The van der Waals surface area contributed by atoms with Gasteiger partial charge in [0.1, 0.15) is 17.4 Å². The van der Waals surface area contributed by atoms with E-state index in [4.69, 9.17) is 0 Å². The smallest absolute Gasteiger partial charge is 0.261 e. The molecule has 0 saturated carbocycles. The molecule has 1 aliphatic rings. The number of aromatic nitrogens is 1. The number of aromatic amines is 1. The third-order valence-electron chi connectivity index (χ3n) is 4.25. The first kappa shape index (κ1) is 16.9. The van der Waals surface area contributed by atoms with Gasteiger partial charge in [-0.3, -0.25) is 14.4 Å². The van der Waals surface area contributed by atoms with Crippen LogP contribution >= 0.6 is 0 Å². The van der Waals surface area contributed by atoms with Gasteiger partial charge in [-0.1, -0.05) is 12.1 Å². The lowest BCUT2D eigenvalue weighted by Gasteiger charge is -2.18. The van der Waals surface area contributed by atoms with Crippen molar-refractivity contribution in [3.05, 3.63) is 63.3 Å². The minimum atomic E-state index is -0.785. The summed E-state index contributed by atoms with van der Waals surface area (Å²) in [5.41, 5.74) is 0.875. The first-order valence-corrected chi connectivity index (χ1v) is 7.96. The average Bonchev–Trinajstić information content (AvgIpc) is 2.88. The molecule has 6 nitrogen and oxygen atoms in total. The summed E-state index contributed by atoms with van der Waals surface area (Å²) in [4.78, 5) is 40.9. The second kappa shape index (κ2) is 6.51. The number of amides is 2. The van der Waals surface area contributed by atoms with E-state index < -0.39 is 23.3 Å². The van der Waals surface area contributed by atoms with Gasteiger partial charge in [0.15, 0.2) is 0 Å². The SMILES string of the molecule is Cc1cc(C)c(C(=O)NC2CCN(c3ccccc3F)C2=O)c(=O)[nH]1. The minimum Gasteiger partial charge on any atom is -0.340 e. The Hall–Kier alpha value is -2.96. The molecule has 2 N–H and O–H groups in total. The fourth-order valence-electron chi connectivity index (χ4n) is 3.09. The number of benzene rings is 1. The number of anilines is 1. The molecule has 3 rings (SSSR count). The monoisotopic (exact) mass is 343 g/mol. The van der Waals surface area contributed by atoms with E-state index in [2.05, 4.69) is 10.3 Å². The normalized spacial score (nSPS) is 17.0. The van der Waals surface area contributed by atoms with Crippen molar-refractivity contribution in [2.45, 2.75) is 26.3 Å². The molecule has 25 heavy (non-hydrogen) atoms. The highest BCUT2D eigenvalue weighted by molar-refractivity contribution is 6.04. The molecular weight excluding hydrogens is 325 g/mol. The molecule has 1 unspecified atom stereocenters. The number of hydrogen-bond acceptors (Lipinski definition) is 3. The number of halogens is 1. The summed E-state index contributed by atoms with van der Waals surface area (Å²) in [6, 6.07) is 6.90. The van der Waals surface area contributed by atoms with Crippen LogP contribution in [0.25, 0.3) is 0 Å². The van der Waals surface area contributed by atoms with Crippen LogP contribution in [0.1, 0.15) is 28.0 Å². The van der Waals surface area contributed by atoms with Gasteiger partial charge in [0.05, 0.1) is 5.69 Å². The summed E-state index contributed by atoms with van der Waals surface area (Å²) in [7, 11) is 0. The van der Waals surface area contributed by atoms with Crippen LogP contribution in [0.5, 0.6) is 0 Å². The lowest BCUT2D eigenvalue weighted by Crippen LogP contribution is -2.43. The maximum atomic E-state index is 13.9. The van der Waals surface area contributed by atoms with Crippen molar-refractivity contribution in [3.8, 4) is 0 Å². The summed E-state index contributed by atoms with van der Waals surface area (Å²) in [6.45, 7) is 3.69. The Kier molecular flexibility index (Phi) is 4.39. The van der Waals surface area contributed by atoms with Gasteiger partial charge in [-0.2, -0.15) is 0 Å². The fraction of sp³-hybridized carbons (Fsp3) is 0.278. The Balaban J connectivity index is 1.79. The first-order chi connectivity index (χ1) is 11.9. The van der Waals surface area contributed by atoms with E-state index in [1.165, 1.54) is 17.0 Å². The Bertz CT molecular complexity index is 907.